The summed E-state index contributed by atoms with van der Waals surface area (Å²) in [5.74, 6) is -1.50. The molecule has 25 heavy (non-hydrogen) atoms. The number of nitrogens with one attached hydrogen (secondary N) is 1. The Bertz CT molecular complexity index is 737. The van der Waals surface area contributed by atoms with Gasteiger partial charge in [-0.2, -0.15) is 0 Å². The normalized spacial score (nSPS) is 23.1. The number of hydrogen-bond donors (Lipinski definition) is 3. The van der Waals surface area contributed by atoms with E-state index in [1.165, 1.54) is 16.7 Å². The highest BCUT2D eigenvalue weighted by Crippen LogP contribution is 2.40. The lowest BCUT2D eigenvalue weighted by Crippen LogP contribution is -2.71. The van der Waals surface area contributed by atoms with E-state index < -0.39 is 35.2 Å². The van der Waals surface area contributed by atoms with Gasteiger partial charge in [0.05, 0.1) is 0 Å². The summed E-state index contributed by atoms with van der Waals surface area (Å²) < 4.78 is 0. The van der Waals surface area contributed by atoms with Crippen molar-refractivity contribution in [3.63, 3.8) is 0 Å². The van der Waals surface area contributed by atoms with Gasteiger partial charge in [-0.05, 0) is 18.1 Å². The number of amides is 2. The standard InChI is InChI=1S/C16H17N3O4S.H2O/c1-8-7-24-15-11(14(21)19(15)12(8)16(22)23)18-13(20)10(17)9-5-3-2-4-6-9;/h2-6,10-11,15H,7,17H2,1H3,(H,18,20)(H,22,23);1H2/t10-,11?,15?;/m1./s1. The molecule has 1 saturated heterocycles. The molecule has 2 aliphatic heterocycles. The lowest BCUT2D eigenvalue weighted by Gasteiger charge is -2.49. The molecule has 3 rings (SSSR count). The number of rotatable bonds is 4. The van der Waals surface area contributed by atoms with Crippen LogP contribution < -0.4 is 11.1 Å². The highest BCUT2D eigenvalue weighted by molar-refractivity contribution is 8.00. The van der Waals surface area contributed by atoms with Crippen molar-refractivity contribution in [3.8, 4) is 0 Å². The van der Waals surface area contributed by atoms with Gasteiger partial charge in [-0.15, -0.1) is 11.8 Å². The molecule has 0 radical (unpaired) electrons. The molecule has 3 atom stereocenters. The summed E-state index contributed by atoms with van der Waals surface area (Å²) in [6.45, 7) is 1.69. The third-order valence-corrected chi connectivity index (χ3v) is 5.52. The van der Waals surface area contributed by atoms with E-state index in [4.69, 9.17) is 5.73 Å². The second-order valence-electron chi connectivity index (χ2n) is 5.72. The van der Waals surface area contributed by atoms with E-state index >= 15 is 0 Å². The van der Waals surface area contributed by atoms with Gasteiger partial charge < -0.3 is 21.6 Å². The highest BCUT2D eigenvalue weighted by atomic mass is 32.2. The molecule has 9 heteroatoms. The Balaban J connectivity index is 0.00000225. The molecule has 2 unspecified atom stereocenters. The van der Waals surface area contributed by atoms with Crippen LogP contribution in [0.1, 0.15) is 18.5 Å². The zero-order chi connectivity index (χ0) is 17.4. The van der Waals surface area contributed by atoms with Gasteiger partial charge in [-0.3, -0.25) is 14.5 Å². The minimum Gasteiger partial charge on any atom is -0.477 e. The minimum atomic E-state index is -1.13. The number of carboxylic acid groups (broad SMARTS) is 1. The number of carbonyl (C=O) groups is 3. The second-order valence-corrected chi connectivity index (χ2v) is 6.82. The van der Waals surface area contributed by atoms with Gasteiger partial charge in [0.15, 0.2) is 0 Å². The molecule has 0 bridgehead atoms. The van der Waals surface area contributed by atoms with Crippen molar-refractivity contribution >= 4 is 29.5 Å². The summed E-state index contributed by atoms with van der Waals surface area (Å²) in [5.41, 5.74) is 7.24. The van der Waals surface area contributed by atoms with E-state index in [0.717, 1.165) is 0 Å². The molecule has 0 aromatic heterocycles. The number of β-lactam (4-membered cyclic amide) rings is 1. The predicted octanol–water partition coefficient (Wildman–Crippen LogP) is -0.380. The fourth-order valence-electron chi connectivity index (χ4n) is 2.83. The number of fused-ring (bicyclic) bond motifs is 1. The molecule has 2 amide bonds. The number of nitrogens with zero attached hydrogens (tertiary/aromatic N) is 1. The number of thioether (sulfide) groups is 1. The van der Waals surface area contributed by atoms with Crippen LogP contribution in [0.4, 0.5) is 0 Å². The van der Waals surface area contributed by atoms with Crippen molar-refractivity contribution in [2.24, 2.45) is 5.73 Å². The predicted molar refractivity (Wildman–Crippen MR) is 92.3 cm³/mol. The van der Waals surface area contributed by atoms with Crippen LogP contribution in [0, 0.1) is 0 Å². The molecule has 2 aliphatic rings. The summed E-state index contributed by atoms with van der Waals surface area (Å²) in [7, 11) is 0. The zero-order valence-corrected chi connectivity index (χ0v) is 14.2. The molecular weight excluding hydrogens is 346 g/mol. The molecular formula is C16H19N3O5S. The van der Waals surface area contributed by atoms with E-state index in [0.29, 0.717) is 16.9 Å². The molecule has 6 N–H and O–H groups in total. The molecule has 1 fully saturated rings. The average Bonchev–Trinajstić information content (AvgIpc) is 2.59. The first-order chi connectivity index (χ1) is 11.4. The molecule has 0 aliphatic carbocycles. The van der Waals surface area contributed by atoms with Crippen LogP contribution in [0.15, 0.2) is 41.6 Å². The van der Waals surface area contributed by atoms with E-state index in [9.17, 15) is 19.5 Å². The Morgan fingerprint density at radius 1 is 1.36 bits per heavy atom. The Hall–Kier alpha value is -2.36. The number of carbonyl (C=O) groups excluding carboxylic acids is 2. The van der Waals surface area contributed by atoms with Crippen LogP contribution >= 0.6 is 11.8 Å². The third-order valence-electron chi connectivity index (χ3n) is 4.10. The SMILES string of the molecule is CC1=C(C(=O)O)N2C(=O)C(NC(=O)[C@H](N)c3ccccc3)C2SC1.O. The summed E-state index contributed by atoms with van der Waals surface area (Å²) in [6.07, 6.45) is 0. The maximum absolute atomic E-state index is 12.3. The maximum atomic E-state index is 12.3. The van der Waals surface area contributed by atoms with Gasteiger partial charge in [0, 0.05) is 5.75 Å². The zero-order valence-electron chi connectivity index (χ0n) is 13.4. The van der Waals surface area contributed by atoms with Crippen molar-refractivity contribution in [3.05, 3.63) is 47.2 Å². The van der Waals surface area contributed by atoms with E-state index in [1.54, 1.807) is 31.2 Å². The topological polar surface area (TPSA) is 144 Å². The lowest BCUT2D eigenvalue weighted by molar-refractivity contribution is -0.150. The summed E-state index contributed by atoms with van der Waals surface area (Å²) in [6, 6.07) is 7.23. The van der Waals surface area contributed by atoms with Crippen LogP contribution in [-0.2, 0) is 14.4 Å². The van der Waals surface area contributed by atoms with Gasteiger partial charge >= 0.3 is 5.97 Å². The van der Waals surface area contributed by atoms with Crippen LogP contribution in [-0.4, -0.2) is 50.4 Å². The summed E-state index contributed by atoms with van der Waals surface area (Å²) >= 11 is 1.43. The monoisotopic (exact) mass is 365 g/mol. The second kappa shape index (κ2) is 7.26. The van der Waals surface area contributed by atoms with Gasteiger partial charge in [0.2, 0.25) is 5.91 Å². The first-order valence-corrected chi connectivity index (χ1v) is 8.45. The van der Waals surface area contributed by atoms with Gasteiger partial charge in [-0.1, -0.05) is 30.3 Å². The molecule has 0 saturated carbocycles. The number of aliphatic carboxylic acids is 1. The third kappa shape index (κ3) is 3.26. The minimum absolute atomic E-state index is 0. The van der Waals surface area contributed by atoms with Gasteiger partial charge in [0.25, 0.3) is 5.91 Å². The average molecular weight is 365 g/mol. The highest BCUT2D eigenvalue weighted by Gasteiger charge is 2.53. The van der Waals surface area contributed by atoms with Crippen LogP contribution in [0.2, 0.25) is 0 Å². The number of carboxylic acids is 1. The quantitative estimate of drug-likeness (QED) is 0.620. The molecule has 134 valence electrons. The van der Waals surface area contributed by atoms with Crippen molar-refractivity contribution in [2.45, 2.75) is 24.4 Å². The molecule has 1 aromatic rings. The smallest absolute Gasteiger partial charge is 0.352 e. The first-order valence-electron chi connectivity index (χ1n) is 7.40. The van der Waals surface area contributed by atoms with Gasteiger partial charge in [0.1, 0.15) is 23.2 Å². The molecule has 8 nitrogen and oxygen atoms in total. The van der Waals surface area contributed by atoms with Crippen molar-refractivity contribution in [2.75, 3.05) is 5.75 Å². The Kier molecular flexibility index (Phi) is 5.51. The fourth-order valence-corrected chi connectivity index (χ4v) is 4.12. The maximum Gasteiger partial charge on any atom is 0.352 e. The van der Waals surface area contributed by atoms with Crippen molar-refractivity contribution in [1.82, 2.24) is 10.2 Å². The molecule has 0 spiro atoms. The number of benzene rings is 1. The van der Waals surface area contributed by atoms with Crippen LogP contribution in [0.5, 0.6) is 0 Å². The molecule has 1 aromatic carbocycles. The van der Waals surface area contributed by atoms with E-state index in [2.05, 4.69) is 5.32 Å². The van der Waals surface area contributed by atoms with Crippen LogP contribution in [0.3, 0.4) is 0 Å². The van der Waals surface area contributed by atoms with E-state index in [-0.39, 0.29) is 11.2 Å². The fraction of sp³-hybridized carbons (Fsp3) is 0.312. The molecule has 2 heterocycles. The largest absolute Gasteiger partial charge is 0.477 e. The number of nitrogens with two attached hydrogens (primary N) is 1. The van der Waals surface area contributed by atoms with Crippen LogP contribution in [0.25, 0.3) is 0 Å². The first kappa shape index (κ1) is 19.0. The lowest BCUT2D eigenvalue weighted by atomic mass is 10.0. The Labute approximate surface area is 148 Å². The van der Waals surface area contributed by atoms with Crippen molar-refractivity contribution in [1.29, 1.82) is 0 Å². The number of hydrogen-bond acceptors (Lipinski definition) is 5. The summed E-state index contributed by atoms with van der Waals surface area (Å²) in [4.78, 5) is 37.2. The van der Waals surface area contributed by atoms with Crippen molar-refractivity contribution < 1.29 is 25.0 Å². The Morgan fingerprint density at radius 3 is 2.60 bits per heavy atom. The van der Waals surface area contributed by atoms with Gasteiger partial charge in [-0.25, -0.2) is 4.79 Å². The summed E-state index contributed by atoms with van der Waals surface area (Å²) in [5, 5.41) is 11.5. The van der Waals surface area contributed by atoms with E-state index in [1.807, 2.05) is 6.07 Å². The Morgan fingerprint density at radius 2 is 2.00 bits per heavy atom.